The molecule has 76 valence electrons. The largest absolute Gasteiger partial charge is 0.388 e. The molecule has 0 aliphatic carbocycles. The number of benzene rings is 1. The highest BCUT2D eigenvalue weighted by atomic mass is 32.2. The van der Waals surface area contributed by atoms with E-state index in [2.05, 4.69) is 11.9 Å². The minimum Gasteiger partial charge on any atom is -0.388 e. The minimum absolute atomic E-state index is 0.139. The fraction of sp³-hybridized carbons (Fsp3) is 0.111. The van der Waals surface area contributed by atoms with Crippen molar-refractivity contribution in [3.63, 3.8) is 0 Å². The Morgan fingerprint density at radius 1 is 1.50 bits per heavy atom. The van der Waals surface area contributed by atoms with Gasteiger partial charge in [-0.25, -0.2) is 0 Å². The van der Waals surface area contributed by atoms with Crippen LogP contribution < -0.4 is 5.32 Å². The molecular formula is C9H11NO3S. The van der Waals surface area contributed by atoms with Crippen molar-refractivity contribution in [1.82, 2.24) is 0 Å². The Bertz CT molecular complexity index is 451. The van der Waals surface area contributed by atoms with Crippen molar-refractivity contribution >= 4 is 21.9 Å². The van der Waals surface area contributed by atoms with Crippen LogP contribution in [-0.4, -0.2) is 20.0 Å². The first-order valence-electron chi connectivity index (χ1n) is 3.90. The molecule has 0 unspecified atom stereocenters. The van der Waals surface area contributed by atoms with Crippen LogP contribution in [-0.2, 0) is 10.1 Å². The molecule has 0 aliphatic heterocycles. The monoisotopic (exact) mass is 213 g/mol. The normalized spacial score (nSPS) is 11.0. The number of hydrogen-bond acceptors (Lipinski definition) is 3. The zero-order valence-electron chi connectivity index (χ0n) is 7.69. The van der Waals surface area contributed by atoms with E-state index in [1.54, 1.807) is 19.2 Å². The molecule has 14 heavy (non-hydrogen) atoms. The smallest absolute Gasteiger partial charge is 0.295 e. The van der Waals surface area contributed by atoms with E-state index in [-0.39, 0.29) is 4.90 Å². The van der Waals surface area contributed by atoms with Crippen molar-refractivity contribution in [3.05, 3.63) is 30.3 Å². The van der Waals surface area contributed by atoms with Crippen LogP contribution in [0.4, 0.5) is 5.69 Å². The zero-order valence-corrected chi connectivity index (χ0v) is 8.50. The van der Waals surface area contributed by atoms with E-state index in [1.807, 2.05) is 0 Å². The van der Waals surface area contributed by atoms with Crippen molar-refractivity contribution in [2.24, 2.45) is 0 Å². The maximum absolute atomic E-state index is 11.0. The first-order valence-corrected chi connectivity index (χ1v) is 5.35. The second kappa shape index (κ2) is 3.81. The predicted octanol–water partition coefficient (Wildman–Crippen LogP) is 1.62. The molecule has 4 nitrogen and oxygen atoms in total. The zero-order chi connectivity index (χ0) is 10.8. The van der Waals surface area contributed by atoms with Crippen LogP contribution in [0.5, 0.6) is 0 Å². The summed E-state index contributed by atoms with van der Waals surface area (Å²) in [7, 11) is -2.53. The Labute approximate surface area is 83.0 Å². The van der Waals surface area contributed by atoms with Gasteiger partial charge in [0.25, 0.3) is 10.1 Å². The molecule has 0 heterocycles. The topological polar surface area (TPSA) is 66.4 Å². The third kappa shape index (κ3) is 2.12. The van der Waals surface area contributed by atoms with Gasteiger partial charge in [-0.1, -0.05) is 18.7 Å². The van der Waals surface area contributed by atoms with E-state index in [4.69, 9.17) is 4.55 Å². The van der Waals surface area contributed by atoms with Gasteiger partial charge in [0.05, 0.1) is 0 Å². The number of hydrogen-bond donors (Lipinski definition) is 2. The predicted molar refractivity (Wildman–Crippen MR) is 55.9 cm³/mol. The van der Waals surface area contributed by atoms with Crippen molar-refractivity contribution in [2.75, 3.05) is 12.4 Å². The molecule has 0 radical (unpaired) electrons. The minimum atomic E-state index is -4.19. The van der Waals surface area contributed by atoms with Gasteiger partial charge in [0, 0.05) is 12.7 Å². The van der Waals surface area contributed by atoms with Gasteiger partial charge >= 0.3 is 0 Å². The van der Waals surface area contributed by atoms with Gasteiger partial charge in [-0.05, 0) is 17.7 Å². The van der Waals surface area contributed by atoms with E-state index >= 15 is 0 Å². The Hall–Kier alpha value is -1.33. The standard InChI is InChI=1S/C9H11NO3S/c1-3-7-4-5-8(10-2)6-9(7)14(11,12)13/h3-6,10H,1H2,2H3,(H,11,12,13). The average Bonchev–Trinajstić information content (AvgIpc) is 2.15. The lowest BCUT2D eigenvalue weighted by molar-refractivity contribution is 0.483. The molecule has 5 heteroatoms. The first-order chi connectivity index (χ1) is 6.49. The molecule has 0 aromatic heterocycles. The highest BCUT2D eigenvalue weighted by molar-refractivity contribution is 7.86. The Morgan fingerprint density at radius 3 is 2.57 bits per heavy atom. The second-order valence-corrected chi connectivity index (χ2v) is 4.07. The van der Waals surface area contributed by atoms with Crippen LogP contribution in [0.25, 0.3) is 6.08 Å². The van der Waals surface area contributed by atoms with Gasteiger partial charge in [0.2, 0.25) is 0 Å². The summed E-state index contributed by atoms with van der Waals surface area (Å²) in [4.78, 5) is -0.139. The summed E-state index contributed by atoms with van der Waals surface area (Å²) in [5.41, 5.74) is 0.995. The molecule has 0 aliphatic rings. The van der Waals surface area contributed by atoms with Gasteiger partial charge in [0.1, 0.15) is 4.90 Å². The lowest BCUT2D eigenvalue weighted by Gasteiger charge is -2.05. The molecule has 1 aromatic rings. The lowest BCUT2D eigenvalue weighted by Crippen LogP contribution is -2.02. The van der Waals surface area contributed by atoms with E-state index in [0.717, 1.165) is 0 Å². The first kappa shape index (κ1) is 10.7. The van der Waals surface area contributed by atoms with Crippen LogP contribution in [0.2, 0.25) is 0 Å². The fourth-order valence-corrected chi connectivity index (χ4v) is 1.81. The quantitative estimate of drug-likeness (QED) is 0.749. The molecule has 0 bridgehead atoms. The third-order valence-corrected chi connectivity index (χ3v) is 2.71. The van der Waals surface area contributed by atoms with Crippen molar-refractivity contribution in [1.29, 1.82) is 0 Å². The van der Waals surface area contributed by atoms with Crippen LogP contribution in [0.1, 0.15) is 5.56 Å². The average molecular weight is 213 g/mol. The van der Waals surface area contributed by atoms with Gasteiger partial charge in [-0.3, -0.25) is 4.55 Å². The van der Waals surface area contributed by atoms with E-state index in [9.17, 15) is 8.42 Å². The van der Waals surface area contributed by atoms with Gasteiger partial charge < -0.3 is 5.32 Å². The Balaban J connectivity index is 3.44. The highest BCUT2D eigenvalue weighted by Crippen LogP contribution is 2.21. The summed E-state index contributed by atoms with van der Waals surface area (Å²) in [5, 5.41) is 2.78. The second-order valence-electron chi connectivity index (χ2n) is 2.68. The summed E-state index contributed by atoms with van der Waals surface area (Å²) in [6.07, 6.45) is 1.38. The Morgan fingerprint density at radius 2 is 2.14 bits per heavy atom. The van der Waals surface area contributed by atoms with Crippen LogP contribution in [0, 0.1) is 0 Å². The molecule has 0 amide bonds. The molecule has 0 saturated heterocycles. The highest BCUT2D eigenvalue weighted by Gasteiger charge is 2.13. The molecule has 1 rings (SSSR count). The SMILES string of the molecule is C=Cc1ccc(NC)cc1S(=O)(=O)O. The molecule has 0 spiro atoms. The number of rotatable bonds is 3. The third-order valence-electron chi connectivity index (χ3n) is 1.80. The van der Waals surface area contributed by atoms with Crippen LogP contribution >= 0.6 is 0 Å². The van der Waals surface area contributed by atoms with E-state index in [0.29, 0.717) is 11.3 Å². The summed E-state index contributed by atoms with van der Waals surface area (Å²) in [5.74, 6) is 0. The molecule has 0 saturated carbocycles. The van der Waals surface area contributed by atoms with Gasteiger partial charge in [0.15, 0.2) is 0 Å². The lowest BCUT2D eigenvalue weighted by atomic mass is 10.2. The Kier molecular flexibility index (Phi) is 2.93. The molecule has 1 aromatic carbocycles. The maximum Gasteiger partial charge on any atom is 0.295 e. The summed E-state index contributed by atoms with van der Waals surface area (Å²) < 4.78 is 30.8. The molecular weight excluding hydrogens is 202 g/mol. The van der Waals surface area contributed by atoms with Crippen molar-refractivity contribution < 1.29 is 13.0 Å². The number of nitrogens with one attached hydrogen (secondary N) is 1. The fourth-order valence-electron chi connectivity index (χ4n) is 1.08. The molecule has 2 N–H and O–H groups in total. The van der Waals surface area contributed by atoms with Crippen molar-refractivity contribution in [3.8, 4) is 0 Å². The van der Waals surface area contributed by atoms with Gasteiger partial charge in [-0.15, -0.1) is 0 Å². The molecule has 0 fully saturated rings. The van der Waals surface area contributed by atoms with Crippen LogP contribution in [0.3, 0.4) is 0 Å². The summed E-state index contributed by atoms with van der Waals surface area (Å²) >= 11 is 0. The maximum atomic E-state index is 11.0. The van der Waals surface area contributed by atoms with Crippen molar-refractivity contribution in [2.45, 2.75) is 4.90 Å². The van der Waals surface area contributed by atoms with Gasteiger partial charge in [-0.2, -0.15) is 8.42 Å². The van der Waals surface area contributed by atoms with Crippen LogP contribution in [0.15, 0.2) is 29.7 Å². The molecule has 0 atom stereocenters. The number of anilines is 1. The summed E-state index contributed by atoms with van der Waals surface area (Å²) in [6.45, 7) is 3.46. The summed E-state index contributed by atoms with van der Waals surface area (Å²) in [6, 6.07) is 4.62. The van der Waals surface area contributed by atoms with E-state index in [1.165, 1.54) is 12.1 Å². The van der Waals surface area contributed by atoms with E-state index < -0.39 is 10.1 Å².